The SMILES string of the molecule is COc1c(F)cc(CC(C)N)cc1C(=O)O. The summed E-state index contributed by atoms with van der Waals surface area (Å²) in [5.41, 5.74) is 5.93. The Balaban J connectivity index is 3.22. The number of hydrogen-bond donors (Lipinski definition) is 2. The molecule has 0 bridgehead atoms. The maximum atomic E-state index is 13.5. The molecule has 0 fully saturated rings. The zero-order valence-electron chi connectivity index (χ0n) is 9.16. The fourth-order valence-electron chi connectivity index (χ4n) is 1.51. The minimum atomic E-state index is -1.22. The molecule has 1 rings (SSSR count). The maximum Gasteiger partial charge on any atom is 0.339 e. The molecule has 0 aliphatic heterocycles. The van der Waals surface area contributed by atoms with Crippen molar-refractivity contribution in [3.8, 4) is 5.75 Å². The van der Waals surface area contributed by atoms with Crippen molar-refractivity contribution in [2.75, 3.05) is 7.11 Å². The number of carbonyl (C=O) groups is 1. The first-order valence-corrected chi connectivity index (χ1v) is 4.81. The van der Waals surface area contributed by atoms with Gasteiger partial charge in [0.1, 0.15) is 5.56 Å². The highest BCUT2D eigenvalue weighted by Gasteiger charge is 2.17. The van der Waals surface area contributed by atoms with Crippen molar-refractivity contribution >= 4 is 5.97 Å². The van der Waals surface area contributed by atoms with E-state index in [9.17, 15) is 9.18 Å². The van der Waals surface area contributed by atoms with Gasteiger partial charge in [-0.3, -0.25) is 0 Å². The lowest BCUT2D eigenvalue weighted by Gasteiger charge is -2.10. The van der Waals surface area contributed by atoms with Gasteiger partial charge in [0.15, 0.2) is 11.6 Å². The highest BCUT2D eigenvalue weighted by atomic mass is 19.1. The highest BCUT2D eigenvalue weighted by Crippen LogP contribution is 2.25. The average Bonchev–Trinajstić information content (AvgIpc) is 2.15. The Hall–Kier alpha value is -1.62. The Labute approximate surface area is 92.8 Å². The van der Waals surface area contributed by atoms with Gasteiger partial charge >= 0.3 is 5.97 Å². The maximum absolute atomic E-state index is 13.5. The van der Waals surface area contributed by atoms with Gasteiger partial charge < -0.3 is 15.6 Å². The molecule has 3 N–H and O–H groups in total. The first kappa shape index (κ1) is 12.4. The molecule has 0 amide bonds. The van der Waals surface area contributed by atoms with E-state index in [0.29, 0.717) is 12.0 Å². The van der Waals surface area contributed by atoms with Crippen molar-refractivity contribution in [3.05, 3.63) is 29.1 Å². The van der Waals surface area contributed by atoms with Gasteiger partial charge in [-0.25, -0.2) is 9.18 Å². The molecule has 0 aliphatic carbocycles. The Bertz CT molecular complexity index is 404. The Kier molecular flexibility index (Phi) is 3.84. The number of rotatable bonds is 4. The van der Waals surface area contributed by atoms with Crippen LogP contribution < -0.4 is 10.5 Å². The van der Waals surface area contributed by atoms with Gasteiger partial charge in [0.25, 0.3) is 0 Å². The normalized spacial score (nSPS) is 12.2. The van der Waals surface area contributed by atoms with Crippen molar-refractivity contribution in [2.24, 2.45) is 5.73 Å². The third-order valence-corrected chi connectivity index (χ3v) is 2.10. The lowest BCUT2D eigenvalue weighted by molar-refractivity contribution is 0.0692. The second-order valence-corrected chi connectivity index (χ2v) is 3.65. The van der Waals surface area contributed by atoms with E-state index < -0.39 is 11.8 Å². The van der Waals surface area contributed by atoms with Crippen LogP contribution in [0.2, 0.25) is 0 Å². The summed E-state index contributed by atoms with van der Waals surface area (Å²) in [7, 11) is 1.23. The number of aromatic carboxylic acids is 1. The molecule has 1 unspecified atom stereocenters. The second-order valence-electron chi connectivity index (χ2n) is 3.65. The van der Waals surface area contributed by atoms with Crippen molar-refractivity contribution in [2.45, 2.75) is 19.4 Å². The van der Waals surface area contributed by atoms with Crippen LogP contribution in [-0.4, -0.2) is 24.2 Å². The first-order valence-electron chi connectivity index (χ1n) is 4.81. The largest absolute Gasteiger partial charge is 0.493 e. The molecule has 4 nitrogen and oxygen atoms in total. The molecule has 1 aromatic carbocycles. The molecule has 0 saturated heterocycles. The standard InChI is InChI=1S/C11H14FNO3/c1-6(13)3-7-4-8(11(14)15)10(16-2)9(12)5-7/h4-6H,3,13H2,1-2H3,(H,14,15). The zero-order valence-corrected chi connectivity index (χ0v) is 9.16. The Morgan fingerprint density at radius 1 is 1.62 bits per heavy atom. The number of methoxy groups -OCH3 is 1. The van der Waals surface area contributed by atoms with Crippen molar-refractivity contribution in [1.29, 1.82) is 0 Å². The number of hydrogen-bond acceptors (Lipinski definition) is 3. The van der Waals surface area contributed by atoms with Crippen molar-refractivity contribution < 1.29 is 19.0 Å². The molecule has 0 aliphatic rings. The molecule has 0 spiro atoms. The van der Waals surface area contributed by atoms with Gasteiger partial charge in [-0.1, -0.05) is 0 Å². The van der Waals surface area contributed by atoms with Crippen LogP contribution in [0.4, 0.5) is 4.39 Å². The molecule has 0 heterocycles. The third kappa shape index (κ3) is 2.70. The number of halogens is 1. The number of ether oxygens (including phenoxy) is 1. The first-order chi connectivity index (χ1) is 7.45. The summed E-state index contributed by atoms with van der Waals surface area (Å²) in [6.45, 7) is 1.77. The van der Waals surface area contributed by atoms with E-state index in [4.69, 9.17) is 15.6 Å². The van der Waals surface area contributed by atoms with Crippen LogP contribution in [-0.2, 0) is 6.42 Å². The quantitative estimate of drug-likeness (QED) is 0.816. The number of carboxylic acid groups (broad SMARTS) is 1. The summed E-state index contributed by atoms with van der Waals surface area (Å²) in [5.74, 6) is -2.15. The van der Waals surface area contributed by atoms with Gasteiger partial charge in [0.05, 0.1) is 7.11 Å². The van der Waals surface area contributed by atoms with Crippen LogP contribution in [0.1, 0.15) is 22.8 Å². The van der Waals surface area contributed by atoms with Crippen molar-refractivity contribution in [3.63, 3.8) is 0 Å². The molecule has 88 valence electrons. The molecule has 0 saturated carbocycles. The van der Waals surface area contributed by atoms with E-state index in [1.54, 1.807) is 6.92 Å². The minimum absolute atomic E-state index is 0.158. The van der Waals surface area contributed by atoms with Gasteiger partial charge in [-0.2, -0.15) is 0 Å². The summed E-state index contributed by atoms with van der Waals surface area (Å²) in [5, 5.41) is 8.90. The van der Waals surface area contributed by atoms with E-state index >= 15 is 0 Å². The summed E-state index contributed by atoms with van der Waals surface area (Å²) in [4.78, 5) is 10.9. The molecule has 0 radical (unpaired) electrons. The van der Waals surface area contributed by atoms with E-state index in [0.717, 1.165) is 0 Å². The van der Waals surface area contributed by atoms with Gasteiger partial charge in [0.2, 0.25) is 0 Å². The number of benzene rings is 1. The van der Waals surface area contributed by atoms with Crippen LogP contribution in [0.3, 0.4) is 0 Å². The average molecular weight is 227 g/mol. The van der Waals surface area contributed by atoms with E-state index in [-0.39, 0.29) is 17.4 Å². The predicted octanol–water partition coefficient (Wildman–Crippen LogP) is 1.42. The fraction of sp³-hybridized carbons (Fsp3) is 0.364. The van der Waals surface area contributed by atoms with Crippen LogP contribution in [0, 0.1) is 5.82 Å². The summed E-state index contributed by atoms with van der Waals surface area (Å²) in [6.07, 6.45) is 0.418. The van der Waals surface area contributed by atoms with E-state index in [1.807, 2.05) is 0 Å². The van der Waals surface area contributed by atoms with Crippen molar-refractivity contribution in [1.82, 2.24) is 0 Å². The highest BCUT2D eigenvalue weighted by molar-refractivity contribution is 5.91. The molecule has 16 heavy (non-hydrogen) atoms. The van der Waals surface area contributed by atoms with Gasteiger partial charge in [-0.05, 0) is 31.0 Å². The predicted molar refractivity (Wildman–Crippen MR) is 57.3 cm³/mol. The lowest BCUT2D eigenvalue weighted by Crippen LogP contribution is -2.18. The lowest BCUT2D eigenvalue weighted by atomic mass is 10.0. The Morgan fingerprint density at radius 3 is 2.69 bits per heavy atom. The molecule has 1 atom stereocenters. The van der Waals surface area contributed by atoms with Gasteiger partial charge in [-0.15, -0.1) is 0 Å². The molecule has 5 heteroatoms. The third-order valence-electron chi connectivity index (χ3n) is 2.10. The van der Waals surface area contributed by atoms with E-state index in [2.05, 4.69) is 0 Å². The summed E-state index contributed by atoms with van der Waals surface area (Å²) < 4.78 is 18.2. The number of carboxylic acids is 1. The molecular formula is C11H14FNO3. The molecule has 1 aromatic rings. The fourth-order valence-corrected chi connectivity index (χ4v) is 1.51. The summed E-state index contributed by atoms with van der Waals surface area (Å²) >= 11 is 0. The molecular weight excluding hydrogens is 213 g/mol. The van der Waals surface area contributed by atoms with E-state index in [1.165, 1.54) is 19.2 Å². The molecule has 0 aromatic heterocycles. The topological polar surface area (TPSA) is 72.5 Å². The minimum Gasteiger partial charge on any atom is -0.493 e. The van der Waals surface area contributed by atoms with Crippen LogP contribution in [0.25, 0.3) is 0 Å². The Morgan fingerprint density at radius 2 is 2.25 bits per heavy atom. The summed E-state index contributed by atoms with van der Waals surface area (Å²) in [6, 6.07) is 2.47. The monoisotopic (exact) mass is 227 g/mol. The van der Waals surface area contributed by atoms with Crippen LogP contribution >= 0.6 is 0 Å². The second kappa shape index (κ2) is 4.94. The number of nitrogens with two attached hydrogens (primary N) is 1. The van der Waals surface area contributed by atoms with Gasteiger partial charge in [0, 0.05) is 6.04 Å². The zero-order chi connectivity index (χ0) is 12.3. The smallest absolute Gasteiger partial charge is 0.339 e. The van der Waals surface area contributed by atoms with Crippen LogP contribution in [0.5, 0.6) is 5.75 Å². The van der Waals surface area contributed by atoms with Crippen LogP contribution in [0.15, 0.2) is 12.1 Å².